The molecule has 0 aliphatic carbocycles. The number of nitrogens with zero attached hydrogens (tertiary/aromatic N) is 1. The average Bonchev–Trinajstić information content (AvgIpc) is 2.97. The summed E-state index contributed by atoms with van der Waals surface area (Å²) in [4.78, 5) is 3.72. The van der Waals surface area contributed by atoms with Crippen LogP contribution in [0.5, 0.6) is 0 Å². The second-order valence-corrected chi connectivity index (χ2v) is 6.49. The first-order valence-electron chi connectivity index (χ1n) is 7.08. The SMILES string of the molecule is CC[C@H]1c2ccsc2CCN1C(=S)Nc1ccc(F)cc1. The highest BCUT2D eigenvalue weighted by molar-refractivity contribution is 7.80. The van der Waals surface area contributed by atoms with Crippen LogP contribution in [-0.4, -0.2) is 16.6 Å². The number of anilines is 1. The number of fused-ring (bicyclic) bond motifs is 1. The molecule has 1 aromatic carbocycles. The fourth-order valence-electron chi connectivity index (χ4n) is 2.81. The predicted molar refractivity (Wildman–Crippen MR) is 90.4 cm³/mol. The van der Waals surface area contributed by atoms with Crippen molar-refractivity contribution in [1.82, 2.24) is 4.90 Å². The van der Waals surface area contributed by atoms with Gasteiger partial charge in [0.1, 0.15) is 5.82 Å². The van der Waals surface area contributed by atoms with Crippen LogP contribution >= 0.6 is 23.6 Å². The lowest BCUT2D eigenvalue weighted by Gasteiger charge is -2.37. The van der Waals surface area contributed by atoms with Gasteiger partial charge < -0.3 is 10.2 Å². The molecule has 2 heterocycles. The molecule has 0 unspecified atom stereocenters. The normalized spacial score (nSPS) is 17.4. The van der Waals surface area contributed by atoms with E-state index >= 15 is 0 Å². The van der Waals surface area contributed by atoms with Crippen molar-refractivity contribution in [3.8, 4) is 0 Å². The second-order valence-electron chi connectivity index (χ2n) is 5.10. The molecule has 0 bridgehead atoms. The van der Waals surface area contributed by atoms with Crippen LogP contribution in [0.25, 0.3) is 0 Å². The van der Waals surface area contributed by atoms with Crippen molar-refractivity contribution in [2.75, 3.05) is 11.9 Å². The Hall–Kier alpha value is -1.46. The lowest BCUT2D eigenvalue weighted by atomic mass is 9.98. The zero-order valence-corrected chi connectivity index (χ0v) is 13.4. The summed E-state index contributed by atoms with van der Waals surface area (Å²) in [5, 5.41) is 6.09. The summed E-state index contributed by atoms with van der Waals surface area (Å²) in [6.07, 6.45) is 2.06. The van der Waals surface area contributed by atoms with E-state index in [9.17, 15) is 4.39 Å². The molecular formula is C16H17FN2S2. The van der Waals surface area contributed by atoms with Gasteiger partial charge in [-0.3, -0.25) is 0 Å². The molecule has 0 saturated carbocycles. The summed E-state index contributed by atoms with van der Waals surface area (Å²) in [5.41, 5.74) is 2.23. The first-order chi connectivity index (χ1) is 10.2. The fourth-order valence-corrected chi connectivity index (χ4v) is 4.07. The van der Waals surface area contributed by atoms with Crippen LogP contribution in [0.2, 0.25) is 0 Å². The molecule has 0 spiro atoms. The number of benzene rings is 1. The number of hydrogen-bond acceptors (Lipinski definition) is 2. The van der Waals surface area contributed by atoms with Gasteiger partial charge in [0.25, 0.3) is 0 Å². The molecular weight excluding hydrogens is 303 g/mol. The third-order valence-electron chi connectivity index (χ3n) is 3.84. The van der Waals surface area contributed by atoms with Gasteiger partial charge in [0.15, 0.2) is 5.11 Å². The van der Waals surface area contributed by atoms with E-state index in [2.05, 4.69) is 28.6 Å². The van der Waals surface area contributed by atoms with Crippen molar-refractivity contribution in [1.29, 1.82) is 0 Å². The van der Waals surface area contributed by atoms with Gasteiger partial charge in [-0.25, -0.2) is 4.39 Å². The Morgan fingerprint density at radius 2 is 2.14 bits per heavy atom. The van der Waals surface area contributed by atoms with Crippen LogP contribution in [-0.2, 0) is 6.42 Å². The van der Waals surface area contributed by atoms with E-state index < -0.39 is 0 Å². The van der Waals surface area contributed by atoms with Crippen molar-refractivity contribution in [2.45, 2.75) is 25.8 Å². The number of hydrogen-bond donors (Lipinski definition) is 1. The number of halogens is 1. The topological polar surface area (TPSA) is 15.3 Å². The van der Waals surface area contributed by atoms with Gasteiger partial charge in [0, 0.05) is 17.1 Å². The van der Waals surface area contributed by atoms with E-state index in [0.29, 0.717) is 11.2 Å². The maximum atomic E-state index is 13.0. The third-order valence-corrected chi connectivity index (χ3v) is 5.17. The minimum absolute atomic E-state index is 0.237. The highest BCUT2D eigenvalue weighted by atomic mass is 32.1. The van der Waals surface area contributed by atoms with E-state index in [-0.39, 0.29) is 5.82 Å². The van der Waals surface area contributed by atoms with Gasteiger partial charge in [-0.05, 0) is 66.3 Å². The van der Waals surface area contributed by atoms with Gasteiger partial charge in [0.2, 0.25) is 0 Å². The molecule has 2 nitrogen and oxygen atoms in total. The van der Waals surface area contributed by atoms with Crippen LogP contribution in [0.1, 0.15) is 29.8 Å². The maximum absolute atomic E-state index is 13.0. The van der Waals surface area contributed by atoms with E-state index in [1.165, 1.54) is 22.6 Å². The number of nitrogens with one attached hydrogen (secondary N) is 1. The molecule has 1 aromatic heterocycles. The summed E-state index contributed by atoms with van der Waals surface area (Å²) >= 11 is 7.39. The van der Waals surface area contributed by atoms with Crippen LogP contribution in [0.4, 0.5) is 10.1 Å². The van der Waals surface area contributed by atoms with Gasteiger partial charge in [0.05, 0.1) is 6.04 Å². The lowest BCUT2D eigenvalue weighted by molar-refractivity contribution is 0.298. The summed E-state index contributed by atoms with van der Waals surface area (Å²) in [6, 6.07) is 8.84. The van der Waals surface area contributed by atoms with Gasteiger partial charge in [-0.15, -0.1) is 11.3 Å². The molecule has 1 aliphatic heterocycles. The van der Waals surface area contributed by atoms with Crippen molar-refractivity contribution in [3.05, 3.63) is 52.0 Å². The second kappa shape index (κ2) is 6.12. The Morgan fingerprint density at radius 3 is 2.86 bits per heavy atom. The Morgan fingerprint density at radius 1 is 1.38 bits per heavy atom. The number of rotatable bonds is 2. The van der Waals surface area contributed by atoms with Gasteiger partial charge in [-0.2, -0.15) is 0 Å². The average molecular weight is 320 g/mol. The quantitative estimate of drug-likeness (QED) is 0.815. The van der Waals surface area contributed by atoms with Crippen molar-refractivity contribution < 1.29 is 4.39 Å². The van der Waals surface area contributed by atoms with E-state index in [1.54, 1.807) is 12.1 Å². The maximum Gasteiger partial charge on any atom is 0.173 e. The summed E-state index contributed by atoms with van der Waals surface area (Å²) in [5.74, 6) is -0.237. The fraction of sp³-hybridized carbons (Fsp3) is 0.312. The Bertz CT molecular complexity index is 636. The molecule has 110 valence electrons. The first-order valence-corrected chi connectivity index (χ1v) is 8.37. The third kappa shape index (κ3) is 2.94. The summed E-state index contributed by atoms with van der Waals surface area (Å²) in [7, 11) is 0. The lowest BCUT2D eigenvalue weighted by Crippen LogP contribution is -2.41. The molecule has 1 atom stereocenters. The summed E-state index contributed by atoms with van der Waals surface area (Å²) < 4.78 is 13.0. The zero-order valence-electron chi connectivity index (χ0n) is 11.8. The minimum Gasteiger partial charge on any atom is -0.342 e. The standard InChI is InChI=1S/C16H17FN2S2/c1-2-14-13-8-10-21-15(13)7-9-19(14)16(20)18-12-5-3-11(17)4-6-12/h3-6,8,10,14H,2,7,9H2,1H3,(H,18,20)/t14-/m0/s1. The number of thiocarbonyl (C=S) groups is 1. The smallest absolute Gasteiger partial charge is 0.173 e. The Labute approximate surface area is 133 Å². The van der Waals surface area contributed by atoms with E-state index in [1.807, 2.05) is 11.3 Å². The zero-order chi connectivity index (χ0) is 14.8. The van der Waals surface area contributed by atoms with Crippen LogP contribution in [0, 0.1) is 5.82 Å². The highest BCUT2D eigenvalue weighted by Crippen LogP contribution is 2.35. The molecule has 21 heavy (non-hydrogen) atoms. The first kappa shape index (κ1) is 14.5. The molecule has 1 N–H and O–H groups in total. The molecule has 0 amide bonds. The Balaban J connectivity index is 1.77. The monoisotopic (exact) mass is 320 g/mol. The van der Waals surface area contributed by atoms with Crippen LogP contribution < -0.4 is 5.32 Å². The van der Waals surface area contributed by atoms with Gasteiger partial charge in [-0.1, -0.05) is 6.92 Å². The van der Waals surface area contributed by atoms with Crippen molar-refractivity contribution in [3.63, 3.8) is 0 Å². The van der Waals surface area contributed by atoms with E-state index in [4.69, 9.17) is 12.2 Å². The summed E-state index contributed by atoms with van der Waals surface area (Å²) in [6.45, 7) is 3.12. The van der Waals surface area contributed by atoms with Crippen molar-refractivity contribution >= 4 is 34.4 Å². The van der Waals surface area contributed by atoms with Crippen LogP contribution in [0.3, 0.4) is 0 Å². The highest BCUT2D eigenvalue weighted by Gasteiger charge is 2.28. The van der Waals surface area contributed by atoms with E-state index in [0.717, 1.165) is 25.1 Å². The molecule has 2 aromatic rings. The molecule has 0 fully saturated rings. The van der Waals surface area contributed by atoms with Crippen molar-refractivity contribution in [2.24, 2.45) is 0 Å². The molecule has 0 saturated heterocycles. The largest absolute Gasteiger partial charge is 0.342 e. The van der Waals surface area contributed by atoms with Crippen LogP contribution in [0.15, 0.2) is 35.7 Å². The molecule has 3 rings (SSSR count). The molecule has 0 radical (unpaired) electrons. The van der Waals surface area contributed by atoms with Gasteiger partial charge >= 0.3 is 0 Å². The number of thiophene rings is 1. The Kier molecular flexibility index (Phi) is 4.22. The molecule has 1 aliphatic rings. The molecule has 5 heteroatoms. The predicted octanol–water partition coefficient (Wildman–Crippen LogP) is 4.59. The minimum atomic E-state index is -0.237.